The van der Waals surface area contributed by atoms with Gasteiger partial charge in [0.2, 0.25) is 12.3 Å². The molecular weight excluding hydrogens is 753 g/mol. The van der Waals surface area contributed by atoms with Gasteiger partial charge in [0.25, 0.3) is 11.8 Å². The maximum atomic E-state index is 13.5. The van der Waals surface area contributed by atoms with Gasteiger partial charge in [0.1, 0.15) is 17.6 Å². The molecule has 0 unspecified atom stereocenters. The minimum Gasteiger partial charge on any atom is -0.538 e. The average molecular weight is 813 g/mol. The zero-order chi connectivity index (χ0) is 43.3. The van der Waals surface area contributed by atoms with Crippen molar-refractivity contribution in [1.82, 2.24) is 26.3 Å². The van der Waals surface area contributed by atoms with Gasteiger partial charge in [-0.15, -0.1) is 0 Å². The van der Waals surface area contributed by atoms with Crippen LogP contribution in [-0.2, 0) is 33.4 Å². The highest BCUT2D eigenvalue weighted by Crippen LogP contribution is 2.29. The first-order valence-electron chi connectivity index (χ1n) is 19.7. The summed E-state index contributed by atoms with van der Waals surface area (Å²) in [6.45, 7) is 14.3. The molecule has 2 aromatic rings. The minimum absolute atomic E-state index is 0.0674. The van der Waals surface area contributed by atoms with Crippen molar-refractivity contribution >= 4 is 49.6 Å². The molecule has 0 aliphatic carbocycles. The molecular formula is C40H59BN5O12. The number of nitrogens with zero attached hydrogens (tertiary/aromatic N) is 1. The molecule has 0 aliphatic heterocycles. The third-order valence-corrected chi connectivity index (χ3v) is 8.54. The van der Waals surface area contributed by atoms with Crippen LogP contribution in [0.2, 0.25) is 6.82 Å². The first kappa shape index (κ1) is 48.6. The van der Waals surface area contributed by atoms with E-state index in [0.29, 0.717) is 37.7 Å². The van der Waals surface area contributed by atoms with E-state index in [1.165, 1.54) is 25.0 Å². The number of carbonyl (C=O) groups is 7. The van der Waals surface area contributed by atoms with E-state index in [0.717, 1.165) is 31.8 Å². The van der Waals surface area contributed by atoms with Crippen LogP contribution in [0.4, 0.5) is 4.79 Å². The molecule has 0 aliphatic rings. The Hall–Kier alpha value is -5.55. The van der Waals surface area contributed by atoms with Gasteiger partial charge in [-0.25, -0.2) is 4.79 Å². The van der Waals surface area contributed by atoms with Gasteiger partial charge in [0, 0.05) is 11.1 Å². The van der Waals surface area contributed by atoms with Crippen LogP contribution in [0.15, 0.2) is 34.7 Å². The topological polar surface area (TPSA) is 221 Å². The number of hydrogen-bond acceptors (Lipinski definition) is 12. The Labute approximate surface area is 341 Å². The average Bonchev–Trinajstić information content (AvgIpc) is 3.67. The zero-order valence-corrected chi connectivity index (χ0v) is 34.9. The second-order valence-corrected chi connectivity index (χ2v) is 14.3. The number of nitrogens with one attached hydrogen (secondary N) is 4. The third kappa shape index (κ3) is 16.1. The highest BCUT2D eigenvalue weighted by atomic mass is 16.7. The van der Waals surface area contributed by atoms with Gasteiger partial charge >= 0.3 is 25.5 Å². The van der Waals surface area contributed by atoms with E-state index in [1.807, 2.05) is 13.8 Å². The van der Waals surface area contributed by atoms with Crippen LogP contribution in [-0.4, -0.2) is 92.2 Å². The molecule has 0 fully saturated rings. The predicted octanol–water partition coefficient (Wildman–Crippen LogP) is 5.06. The number of carbonyl (C=O) groups excluding carboxylic acids is 7. The highest BCUT2D eigenvalue weighted by Gasteiger charge is 2.34. The largest absolute Gasteiger partial charge is 0.538 e. The molecule has 1 aromatic carbocycles. The van der Waals surface area contributed by atoms with Crippen molar-refractivity contribution in [2.24, 2.45) is 5.92 Å². The van der Waals surface area contributed by atoms with Gasteiger partial charge in [-0.3, -0.25) is 28.8 Å². The summed E-state index contributed by atoms with van der Waals surface area (Å²) >= 11 is 0. The summed E-state index contributed by atoms with van der Waals surface area (Å²) in [6.07, 6.45) is 3.73. The summed E-state index contributed by atoms with van der Waals surface area (Å²) in [6, 6.07) is 5.45. The lowest BCUT2D eigenvalue weighted by molar-refractivity contribution is -0.169. The van der Waals surface area contributed by atoms with E-state index in [9.17, 15) is 33.6 Å². The van der Waals surface area contributed by atoms with Crippen LogP contribution in [0.5, 0.6) is 5.75 Å². The van der Waals surface area contributed by atoms with Crippen molar-refractivity contribution in [3.63, 3.8) is 0 Å². The lowest BCUT2D eigenvalue weighted by Crippen LogP contribution is -2.51. The van der Waals surface area contributed by atoms with Crippen molar-refractivity contribution in [3.05, 3.63) is 41.7 Å². The molecule has 58 heavy (non-hydrogen) atoms. The van der Waals surface area contributed by atoms with Gasteiger partial charge in [0.15, 0.2) is 5.76 Å². The fourth-order valence-corrected chi connectivity index (χ4v) is 5.71. The van der Waals surface area contributed by atoms with Crippen LogP contribution in [0.25, 0.3) is 11.3 Å². The molecule has 1 heterocycles. The molecule has 1 aromatic heterocycles. The van der Waals surface area contributed by atoms with E-state index in [-0.39, 0.29) is 42.7 Å². The Kier molecular flexibility index (Phi) is 20.9. The maximum absolute atomic E-state index is 13.5. The Bertz CT molecular complexity index is 1680. The summed E-state index contributed by atoms with van der Waals surface area (Å²) in [5, 5.41) is 11.3. The van der Waals surface area contributed by atoms with Gasteiger partial charge in [-0.2, -0.15) is 5.06 Å². The summed E-state index contributed by atoms with van der Waals surface area (Å²) < 4.78 is 21.7. The van der Waals surface area contributed by atoms with Gasteiger partial charge in [-0.1, -0.05) is 59.3 Å². The van der Waals surface area contributed by atoms with Gasteiger partial charge < -0.3 is 44.6 Å². The molecule has 0 saturated heterocycles. The number of ether oxygens (including phenoxy) is 2. The summed E-state index contributed by atoms with van der Waals surface area (Å²) in [4.78, 5) is 94.7. The van der Waals surface area contributed by atoms with Crippen LogP contribution in [0.1, 0.15) is 121 Å². The minimum atomic E-state index is -1.32. The Balaban J connectivity index is 2.17. The number of esters is 1. The van der Waals surface area contributed by atoms with E-state index < -0.39 is 65.7 Å². The van der Waals surface area contributed by atoms with Crippen molar-refractivity contribution < 1.29 is 56.9 Å². The van der Waals surface area contributed by atoms with Gasteiger partial charge in [0.05, 0.1) is 43.8 Å². The van der Waals surface area contributed by atoms with Crippen LogP contribution >= 0.6 is 0 Å². The Morgan fingerprint density at radius 1 is 0.931 bits per heavy atom. The highest BCUT2D eigenvalue weighted by molar-refractivity contribution is 6.28. The SMILES string of the molecule is C[B]OC(=O)[C@H](CC(=O)OCCCC)NC(=O)c1ccc(-c2ccc(C(=O)NCNC(=O)[C@H](CCCCC)[C@@H](CC)N(C=O)OC(=O)NC(C)(C)C)o2)cc1OCC. The fraction of sp³-hybridized carbons (Fsp3) is 0.575. The molecule has 319 valence electrons. The van der Waals surface area contributed by atoms with Crippen LogP contribution in [0, 0.1) is 5.92 Å². The quantitative estimate of drug-likeness (QED) is 0.0258. The summed E-state index contributed by atoms with van der Waals surface area (Å²) in [5.41, 5.74) is -0.0852. The number of furan rings is 1. The number of unbranched alkanes of at least 4 members (excludes halogenated alkanes) is 3. The lowest BCUT2D eigenvalue weighted by atomic mass is 9.90. The summed E-state index contributed by atoms with van der Waals surface area (Å²) in [5.74, 6) is -3.69. The molecule has 0 saturated carbocycles. The van der Waals surface area contributed by atoms with Crippen LogP contribution < -0.4 is 26.0 Å². The molecule has 0 bridgehead atoms. The normalized spacial score (nSPS) is 12.5. The second-order valence-electron chi connectivity index (χ2n) is 14.3. The predicted molar refractivity (Wildman–Crippen MR) is 214 cm³/mol. The van der Waals surface area contributed by atoms with E-state index >= 15 is 0 Å². The lowest BCUT2D eigenvalue weighted by Gasteiger charge is -2.32. The van der Waals surface area contributed by atoms with Gasteiger partial charge in [-0.05, 0) is 71.2 Å². The summed E-state index contributed by atoms with van der Waals surface area (Å²) in [7, 11) is 1.14. The Morgan fingerprint density at radius 2 is 1.66 bits per heavy atom. The fourth-order valence-electron chi connectivity index (χ4n) is 5.71. The molecule has 1 radical (unpaired) electrons. The standard InChI is InChI=1S/C40H59BN5O12/c1-9-13-15-16-27(30(11-3)46(25-47)58-39(53)45-40(5,6)7)35(49)42-24-43-37(51)32-20-19-31(56-32)26-17-18-28(33(22-26)54-12-4)36(50)44-29(38(52)57-41-8)23-34(48)55-21-14-10-2/h17-20,22,25,27,29-30H,9-16,21,23-24H2,1-8H3,(H,42,49)(H,43,51)(H,44,50)(H,45,53)/t27-,29+,30-/m1/s1. The molecule has 3 atom stereocenters. The van der Waals surface area contributed by atoms with Crippen molar-refractivity contribution in [1.29, 1.82) is 0 Å². The molecule has 4 N–H and O–H groups in total. The van der Waals surface area contributed by atoms with Crippen molar-refractivity contribution in [2.75, 3.05) is 19.9 Å². The maximum Gasteiger partial charge on any atom is 0.432 e. The second kappa shape index (κ2) is 25.0. The van der Waals surface area contributed by atoms with Crippen LogP contribution in [0.3, 0.4) is 0 Å². The smallest absolute Gasteiger partial charge is 0.432 e. The van der Waals surface area contributed by atoms with Crippen molar-refractivity contribution in [3.8, 4) is 17.1 Å². The molecule has 2 rings (SSSR count). The number of rotatable bonds is 25. The first-order valence-corrected chi connectivity index (χ1v) is 19.7. The number of hydrogen-bond donors (Lipinski definition) is 4. The van der Waals surface area contributed by atoms with Crippen molar-refractivity contribution in [2.45, 2.75) is 124 Å². The number of amides is 5. The Morgan fingerprint density at radius 3 is 2.28 bits per heavy atom. The molecule has 0 spiro atoms. The third-order valence-electron chi connectivity index (χ3n) is 8.54. The monoisotopic (exact) mass is 812 g/mol. The van der Waals surface area contributed by atoms with E-state index in [2.05, 4.69) is 21.3 Å². The zero-order valence-electron chi connectivity index (χ0n) is 34.9. The van der Waals surface area contributed by atoms with E-state index in [1.54, 1.807) is 46.8 Å². The number of hydroxylamine groups is 2. The molecule has 18 heteroatoms. The molecule has 17 nitrogen and oxygen atoms in total. The molecule has 5 amide bonds. The first-order chi connectivity index (χ1) is 27.6. The number of benzene rings is 1. The van der Waals surface area contributed by atoms with E-state index in [4.69, 9.17) is 23.4 Å².